The highest BCUT2D eigenvalue weighted by Gasteiger charge is 2.35. The Morgan fingerprint density at radius 2 is 1.88 bits per heavy atom. The predicted octanol–water partition coefficient (Wildman–Crippen LogP) is 2.51. The van der Waals surface area contributed by atoms with Crippen LogP contribution < -0.4 is 5.32 Å². The van der Waals surface area contributed by atoms with Crippen molar-refractivity contribution in [2.45, 2.75) is 39.2 Å². The molecular formula is C15H23NO. The smallest absolute Gasteiger partial charge is 0.0900 e. The van der Waals surface area contributed by atoms with Gasteiger partial charge < -0.3 is 10.4 Å². The molecule has 1 aliphatic rings. The van der Waals surface area contributed by atoms with Crippen LogP contribution >= 0.6 is 0 Å². The van der Waals surface area contributed by atoms with E-state index in [0.717, 1.165) is 31.5 Å². The molecule has 17 heavy (non-hydrogen) atoms. The van der Waals surface area contributed by atoms with Crippen LogP contribution in [0.4, 0.5) is 0 Å². The molecule has 0 saturated carbocycles. The summed E-state index contributed by atoms with van der Waals surface area (Å²) in [5.41, 5.74) is 2.90. The van der Waals surface area contributed by atoms with E-state index in [2.05, 4.69) is 31.3 Å². The molecule has 1 aliphatic heterocycles. The molecule has 2 rings (SSSR count). The number of hydrogen-bond donors (Lipinski definition) is 2. The molecule has 0 amide bonds. The Hall–Kier alpha value is -0.860. The van der Waals surface area contributed by atoms with Gasteiger partial charge in [0.2, 0.25) is 0 Å². The first-order chi connectivity index (χ1) is 8.03. The van der Waals surface area contributed by atoms with Gasteiger partial charge in [-0.05, 0) is 69.3 Å². The minimum Gasteiger partial charge on any atom is -0.385 e. The molecule has 0 spiro atoms. The minimum atomic E-state index is -0.696. The lowest BCUT2D eigenvalue weighted by Gasteiger charge is -2.37. The number of aliphatic hydroxyl groups is 1. The third-order valence-electron chi connectivity index (χ3n) is 4.28. The number of benzene rings is 1. The summed E-state index contributed by atoms with van der Waals surface area (Å²) in [6.45, 7) is 8.24. The van der Waals surface area contributed by atoms with Crippen molar-refractivity contribution in [3.63, 3.8) is 0 Å². The van der Waals surface area contributed by atoms with Gasteiger partial charge in [0, 0.05) is 0 Å². The van der Waals surface area contributed by atoms with Gasteiger partial charge in [0.25, 0.3) is 0 Å². The highest BCUT2D eigenvalue weighted by Crippen LogP contribution is 2.36. The average molecular weight is 233 g/mol. The van der Waals surface area contributed by atoms with Crippen molar-refractivity contribution < 1.29 is 5.11 Å². The maximum absolute atomic E-state index is 10.9. The Kier molecular flexibility index (Phi) is 3.55. The fourth-order valence-corrected chi connectivity index (χ4v) is 2.90. The molecular weight excluding hydrogens is 210 g/mol. The molecule has 1 fully saturated rings. The fraction of sp³-hybridized carbons (Fsp3) is 0.600. The van der Waals surface area contributed by atoms with Crippen LogP contribution in [0.2, 0.25) is 0 Å². The first-order valence-corrected chi connectivity index (χ1v) is 6.53. The summed E-state index contributed by atoms with van der Waals surface area (Å²) < 4.78 is 0. The van der Waals surface area contributed by atoms with Crippen LogP contribution in [0.3, 0.4) is 0 Å². The molecule has 0 radical (unpaired) electrons. The maximum atomic E-state index is 10.9. The summed E-state index contributed by atoms with van der Waals surface area (Å²) in [7, 11) is 0. The van der Waals surface area contributed by atoms with Crippen molar-refractivity contribution in [3.8, 4) is 0 Å². The van der Waals surface area contributed by atoms with Gasteiger partial charge in [-0.2, -0.15) is 0 Å². The van der Waals surface area contributed by atoms with Crippen molar-refractivity contribution in [1.29, 1.82) is 0 Å². The lowest BCUT2D eigenvalue weighted by molar-refractivity contribution is -0.0192. The van der Waals surface area contributed by atoms with Crippen molar-refractivity contribution >= 4 is 0 Å². The van der Waals surface area contributed by atoms with E-state index < -0.39 is 5.60 Å². The van der Waals surface area contributed by atoms with E-state index in [4.69, 9.17) is 0 Å². The molecule has 0 aromatic heterocycles. The Morgan fingerprint density at radius 3 is 2.53 bits per heavy atom. The van der Waals surface area contributed by atoms with E-state index in [1.165, 1.54) is 11.1 Å². The second-order valence-electron chi connectivity index (χ2n) is 5.42. The van der Waals surface area contributed by atoms with Gasteiger partial charge in [-0.3, -0.25) is 0 Å². The van der Waals surface area contributed by atoms with E-state index in [1.54, 1.807) is 0 Å². The number of piperidine rings is 1. The van der Waals surface area contributed by atoms with E-state index in [1.807, 2.05) is 13.0 Å². The summed E-state index contributed by atoms with van der Waals surface area (Å²) in [6.07, 6.45) is 2.11. The van der Waals surface area contributed by atoms with Crippen molar-refractivity contribution in [3.05, 3.63) is 34.9 Å². The lowest BCUT2D eigenvalue weighted by Crippen LogP contribution is -2.40. The zero-order valence-corrected chi connectivity index (χ0v) is 11.1. The second-order valence-corrected chi connectivity index (χ2v) is 5.42. The van der Waals surface area contributed by atoms with E-state index in [9.17, 15) is 5.11 Å². The molecule has 2 heteroatoms. The monoisotopic (exact) mass is 233 g/mol. The third-order valence-corrected chi connectivity index (χ3v) is 4.28. The van der Waals surface area contributed by atoms with Crippen LogP contribution in [0.5, 0.6) is 0 Å². The first-order valence-electron chi connectivity index (χ1n) is 6.53. The quantitative estimate of drug-likeness (QED) is 0.822. The topological polar surface area (TPSA) is 32.3 Å². The van der Waals surface area contributed by atoms with Crippen LogP contribution in [0.25, 0.3) is 0 Å². The largest absolute Gasteiger partial charge is 0.385 e. The first kappa shape index (κ1) is 12.6. The standard InChI is InChI=1S/C15H23NO/c1-11-5-4-6-14(12(11)2)15(3,17)13-7-9-16-10-8-13/h4-6,13,16-17H,7-10H2,1-3H3. The fourth-order valence-electron chi connectivity index (χ4n) is 2.90. The highest BCUT2D eigenvalue weighted by molar-refractivity contribution is 5.37. The van der Waals surface area contributed by atoms with Crippen molar-refractivity contribution in [2.24, 2.45) is 5.92 Å². The zero-order chi connectivity index (χ0) is 12.5. The molecule has 1 heterocycles. The minimum absolute atomic E-state index is 0.365. The van der Waals surface area contributed by atoms with Gasteiger partial charge in [0.1, 0.15) is 0 Å². The Balaban J connectivity index is 2.32. The molecule has 1 aromatic carbocycles. The van der Waals surface area contributed by atoms with Crippen molar-refractivity contribution in [2.75, 3.05) is 13.1 Å². The van der Waals surface area contributed by atoms with Gasteiger partial charge in [0.15, 0.2) is 0 Å². The van der Waals surface area contributed by atoms with Crippen LogP contribution in [0.1, 0.15) is 36.5 Å². The van der Waals surface area contributed by atoms with Crippen molar-refractivity contribution in [1.82, 2.24) is 5.32 Å². The zero-order valence-electron chi connectivity index (χ0n) is 11.1. The summed E-state index contributed by atoms with van der Waals surface area (Å²) in [5, 5.41) is 14.2. The molecule has 1 atom stereocenters. The average Bonchev–Trinajstić information content (AvgIpc) is 2.33. The SMILES string of the molecule is Cc1cccc(C(C)(O)C2CCNCC2)c1C. The van der Waals surface area contributed by atoms with Gasteiger partial charge >= 0.3 is 0 Å². The molecule has 1 saturated heterocycles. The number of nitrogens with one attached hydrogen (secondary N) is 1. The van der Waals surface area contributed by atoms with Crippen LogP contribution in [0, 0.1) is 19.8 Å². The molecule has 2 N–H and O–H groups in total. The van der Waals surface area contributed by atoms with E-state index in [-0.39, 0.29) is 0 Å². The van der Waals surface area contributed by atoms with Crippen LogP contribution in [0.15, 0.2) is 18.2 Å². The molecule has 0 aliphatic carbocycles. The highest BCUT2D eigenvalue weighted by atomic mass is 16.3. The summed E-state index contributed by atoms with van der Waals surface area (Å²) in [4.78, 5) is 0. The van der Waals surface area contributed by atoms with Crippen LogP contribution in [-0.4, -0.2) is 18.2 Å². The Labute approximate surface area is 104 Å². The Bertz CT molecular complexity index is 392. The third kappa shape index (κ3) is 2.38. The molecule has 2 nitrogen and oxygen atoms in total. The van der Waals surface area contributed by atoms with Gasteiger partial charge in [-0.15, -0.1) is 0 Å². The van der Waals surface area contributed by atoms with Gasteiger partial charge in [-0.25, -0.2) is 0 Å². The van der Waals surface area contributed by atoms with E-state index in [0.29, 0.717) is 5.92 Å². The second kappa shape index (κ2) is 4.79. The normalized spacial score (nSPS) is 21.2. The van der Waals surface area contributed by atoms with Crippen LogP contribution in [-0.2, 0) is 5.60 Å². The molecule has 1 aromatic rings. The molecule has 94 valence electrons. The van der Waals surface area contributed by atoms with Gasteiger partial charge in [0.05, 0.1) is 5.60 Å². The summed E-state index contributed by atoms with van der Waals surface area (Å²) in [5.74, 6) is 0.365. The maximum Gasteiger partial charge on any atom is 0.0900 e. The van der Waals surface area contributed by atoms with Gasteiger partial charge in [-0.1, -0.05) is 18.2 Å². The number of rotatable bonds is 2. The number of aryl methyl sites for hydroxylation is 1. The predicted molar refractivity (Wildman–Crippen MR) is 71.1 cm³/mol. The summed E-state index contributed by atoms with van der Waals surface area (Å²) >= 11 is 0. The molecule has 0 bridgehead atoms. The lowest BCUT2D eigenvalue weighted by atomic mass is 9.76. The van der Waals surface area contributed by atoms with E-state index >= 15 is 0 Å². The Morgan fingerprint density at radius 1 is 1.24 bits per heavy atom. The molecule has 1 unspecified atom stereocenters. The summed E-state index contributed by atoms with van der Waals surface area (Å²) in [6, 6.07) is 6.23. The number of hydrogen-bond acceptors (Lipinski definition) is 2.